The lowest BCUT2D eigenvalue weighted by molar-refractivity contribution is 0.0930. The molecule has 0 bridgehead atoms. The zero-order chi connectivity index (χ0) is 21.1. The Morgan fingerprint density at radius 3 is 2.43 bits per heavy atom. The van der Waals surface area contributed by atoms with Crippen molar-refractivity contribution in [3.8, 4) is 0 Å². The summed E-state index contributed by atoms with van der Waals surface area (Å²) >= 11 is 0. The molecule has 4 rings (SSSR count). The number of hydrogen-bond donors (Lipinski definition) is 1. The first-order valence-electron chi connectivity index (χ1n) is 9.67. The van der Waals surface area contributed by atoms with E-state index < -0.39 is 15.9 Å². The van der Waals surface area contributed by atoms with Crippen molar-refractivity contribution < 1.29 is 22.0 Å². The fourth-order valence-corrected chi connectivity index (χ4v) is 4.82. The normalized spacial score (nSPS) is 15.4. The fourth-order valence-electron chi connectivity index (χ4n) is 3.48. The molecule has 1 fully saturated rings. The Bertz CT molecular complexity index is 1100. The quantitative estimate of drug-likeness (QED) is 0.648. The first kappa shape index (κ1) is 20.4. The third-order valence-corrected chi connectivity index (χ3v) is 6.99. The van der Waals surface area contributed by atoms with E-state index in [9.17, 15) is 17.6 Å². The van der Waals surface area contributed by atoms with Crippen LogP contribution < -0.4 is 10.2 Å². The van der Waals surface area contributed by atoms with E-state index >= 15 is 0 Å². The average Bonchev–Trinajstić information content (AvgIpc) is 3.19. The number of rotatable bonds is 6. The van der Waals surface area contributed by atoms with Gasteiger partial charge in [0.1, 0.15) is 11.4 Å². The molecule has 7 nitrogen and oxygen atoms in total. The Balaban J connectivity index is 1.28. The van der Waals surface area contributed by atoms with E-state index in [2.05, 4.69) is 5.32 Å². The van der Waals surface area contributed by atoms with Crippen molar-refractivity contribution in [1.29, 1.82) is 0 Å². The van der Waals surface area contributed by atoms with Crippen LogP contribution in [-0.4, -0.2) is 57.1 Å². The highest BCUT2D eigenvalue weighted by Gasteiger charge is 2.27. The number of piperazine rings is 1. The van der Waals surface area contributed by atoms with Crippen LogP contribution in [0.2, 0.25) is 0 Å². The van der Waals surface area contributed by atoms with Crippen molar-refractivity contribution in [3.05, 3.63) is 66.2 Å². The molecule has 9 heteroatoms. The number of benzene rings is 2. The minimum Gasteiger partial charge on any atom is -0.451 e. The molecule has 2 heterocycles. The summed E-state index contributed by atoms with van der Waals surface area (Å²) in [7, 11) is -3.50. The Labute approximate surface area is 174 Å². The van der Waals surface area contributed by atoms with E-state index in [1.165, 1.54) is 16.4 Å². The minimum atomic E-state index is -3.50. The van der Waals surface area contributed by atoms with Gasteiger partial charge in [-0.25, -0.2) is 12.8 Å². The van der Waals surface area contributed by atoms with Gasteiger partial charge in [0, 0.05) is 43.8 Å². The third-order valence-electron chi connectivity index (χ3n) is 5.12. The molecule has 0 atom stereocenters. The Morgan fingerprint density at radius 2 is 1.73 bits per heavy atom. The summed E-state index contributed by atoms with van der Waals surface area (Å²) in [6, 6.07) is 15.1. The summed E-state index contributed by atoms with van der Waals surface area (Å²) in [4.78, 5) is 14.3. The predicted octanol–water partition coefficient (Wildman–Crippen LogP) is 2.45. The van der Waals surface area contributed by atoms with Gasteiger partial charge in [-0.15, -0.1) is 0 Å². The van der Waals surface area contributed by atoms with Crippen molar-refractivity contribution in [2.45, 2.75) is 0 Å². The van der Waals surface area contributed by atoms with Gasteiger partial charge in [0.2, 0.25) is 10.0 Å². The average molecular weight is 431 g/mol. The first-order chi connectivity index (χ1) is 14.4. The van der Waals surface area contributed by atoms with Gasteiger partial charge < -0.3 is 14.6 Å². The lowest BCUT2D eigenvalue weighted by Crippen LogP contribution is -2.50. The standard InChI is InChI=1S/C21H22FN3O4S/c22-17-5-7-18(8-6-17)24-10-12-25(13-11-24)30(27,28)14-9-23-21(26)20-15-16-3-1-2-4-19(16)29-20/h1-8,15H,9-14H2,(H,23,26). The lowest BCUT2D eigenvalue weighted by Gasteiger charge is -2.35. The number of carbonyl (C=O) groups is 1. The summed E-state index contributed by atoms with van der Waals surface area (Å²) in [5, 5.41) is 3.42. The number of hydrogen-bond acceptors (Lipinski definition) is 5. The smallest absolute Gasteiger partial charge is 0.287 e. The van der Waals surface area contributed by atoms with Crippen molar-refractivity contribution >= 4 is 32.6 Å². The molecule has 0 saturated carbocycles. The van der Waals surface area contributed by atoms with Crippen molar-refractivity contribution in [2.75, 3.05) is 43.4 Å². The number of nitrogens with one attached hydrogen (secondary N) is 1. The zero-order valence-corrected chi connectivity index (χ0v) is 17.1. The van der Waals surface area contributed by atoms with Crippen LogP contribution in [0.3, 0.4) is 0 Å². The molecule has 1 aliphatic rings. The molecule has 1 aliphatic heterocycles. The van der Waals surface area contributed by atoms with Crippen LogP contribution in [0.1, 0.15) is 10.6 Å². The second-order valence-corrected chi connectivity index (χ2v) is 9.17. The van der Waals surface area contributed by atoms with E-state index in [4.69, 9.17) is 4.42 Å². The topological polar surface area (TPSA) is 82.9 Å². The Morgan fingerprint density at radius 1 is 1.03 bits per heavy atom. The lowest BCUT2D eigenvalue weighted by atomic mass is 10.2. The van der Waals surface area contributed by atoms with Crippen LogP contribution in [0.5, 0.6) is 0 Å². The zero-order valence-electron chi connectivity index (χ0n) is 16.3. The highest BCUT2D eigenvalue weighted by atomic mass is 32.2. The van der Waals surface area contributed by atoms with Crippen molar-refractivity contribution in [3.63, 3.8) is 0 Å². The Kier molecular flexibility index (Phi) is 5.74. The van der Waals surface area contributed by atoms with E-state index in [0.717, 1.165) is 11.1 Å². The van der Waals surface area contributed by atoms with Gasteiger partial charge in [-0.2, -0.15) is 4.31 Å². The van der Waals surface area contributed by atoms with Gasteiger partial charge in [-0.1, -0.05) is 18.2 Å². The number of para-hydroxylation sites is 1. The van der Waals surface area contributed by atoms with E-state index in [-0.39, 0.29) is 23.9 Å². The molecule has 0 unspecified atom stereocenters. The SMILES string of the molecule is O=C(NCCS(=O)(=O)N1CCN(c2ccc(F)cc2)CC1)c1cc2ccccc2o1. The number of anilines is 1. The molecule has 2 aromatic carbocycles. The second-order valence-electron chi connectivity index (χ2n) is 7.08. The van der Waals surface area contributed by atoms with Crippen molar-refractivity contribution in [1.82, 2.24) is 9.62 Å². The predicted molar refractivity (Wildman–Crippen MR) is 113 cm³/mol. The van der Waals surface area contributed by atoms with Crippen LogP contribution in [0, 0.1) is 5.82 Å². The van der Waals surface area contributed by atoms with Crippen molar-refractivity contribution in [2.24, 2.45) is 0 Å². The number of sulfonamides is 1. The van der Waals surface area contributed by atoms with Gasteiger partial charge in [-0.3, -0.25) is 4.79 Å². The molecule has 30 heavy (non-hydrogen) atoms. The molecule has 3 aromatic rings. The highest BCUT2D eigenvalue weighted by molar-refractivity contribution is 7.89. The van der Waals surface area contributed by atoms with Crippen LogP contribution in [0.4, 0.5) is 10.1 Å². The molecule has 158 valence electrons. The molecule has 0 aliphatic carbocycles. The molecule has 1 N–H and O–H groups in total. The first-order valence-corrected chi connectivity index (χ1v) is 11.3. The van der Waals surface area contributed by atoms with Crippen LogP contribution in [0.25, 0.3) is 11.0 Å². The maximum Gasteiger partial charge on any atom is 0.287 e. The second kappa shape index (κ2) is 8.45. The summed E-state index contributed by atoms with van der Waals surface area (Å²) in [5.74, 6) is -0.774. The number of fused-ring (bicyclic) bond motifs is 1. The van der Waals surface area contributed by atoms with E-state index in [1.54, 1.807) is 24.3 Å². The number of halogens is 1. The number of nitrogens with zero attached hydrogens (tertiary/aromatic N) is 2. The molecule has 1 amide bonds. The molecule has 1 saturated heterocycles. The fraction of sp³-hybridized carbons (Fsp3) is 0.286. The minimum absolute atomic E-state index is 0.00358. The van der Waals surface area contributed by atoms with E-state index in [0.29, 0.717) is 31.8 Å². The molecule has 0 radical (unpaired) electrons. The maximum absolute atomic E-state index is 13.1. The van der Waals surface area contributed by atoms with Crippen LogP contribution in [-0.2, 0) is 10.0 Å². The van der Waals surface area contributed by atoms with Crippen LogP contribution >= 0.6 is 0 Å². The third kappa shape index (κ3) is 4.47. The molecule has 0 spiro atoms. The number of amides is 1. The summed E-state index contributed by atoms with van der Waals surface area (Å²) in [5.41, 5.74) is 1.47. The monoisotopic (exact) mass is 431 g/mol. The molecular weight excluding hydrogens is 409 g/mol. The highest BCUT2D eigenvalue weighted by Crippen LogP contribution is 2.19. The summed E-state index contributed by atoms with van der Waals surface area (Å²) in [6.07, 6.45) is 0. The number of furan rings is 1. The van der Waals surface area contributed by atoms with Gasteiger partial charge in [0.05, 0.1) is 5.75 Å². The van der Waals surface area contributed by atoms with Gasteiger partial charge in [0.15, 0.2) is 5.76 Å². The van der Waals surface area contributed by atoms with Crippen LogP contribution in [0.15, 0.2) is 59.0 Å². The number of carbonyl (C=O) groups excluding carboxylic acids is 1. The summed E-state index contributed by atoms with van der Waals surface area (Å²) in [6.45, 7) is 1.73. The largest absolute Gasteiger partial charge is 0.451 e. The Hall–Kier alpha value is -2.91. The maximum atomic E-state index is 13.1. The van der Waals surface area contributed by atoms with Gasteiger partial charge in [-0.05, 0) is 36.4 Å². The van der Waals surface area contributed by atoms with Gasteiger partial charge in [0.25, 0.3) is 5.91 Å². The molecular formula is C21H22FN3O4S. The summed E-state index contributed by atoms with van der Waals surface area (Å²) < 4.78 is 45.2. The van der Waals surface area contributed by atoms with Gasteiger partial charge >= 0.3 is 0 Å². The van der Waals surface area contributed by atoms with E-state index in [1.807, 2.05) is 23.1 Å². The molecule has 1 aromatic heterocycles.